The number of nitrogens with two attached hydrogens (primary N) is 1. The minimum atomic E-state index is 0.475. The first-order valence-corrected chi connectivity index (χ1v) is 6.35. The average Bonchev–Trinajstić information content (AvgIpc) is 2.90. The summed E-state index contributed by atoms with van der Waals surface area (Å²) in [5.74, 6) is 0.475. The maximum Gasteiger partial charge on any atom is 0.147 e. The van der Waals surface area contributed by atoms with Crippen molar-refractivity contribution in [2.75, 3.05) is 11.1 Å². The fraction of sp³-hybridized carbons (Fsp3) is 0.0667. The quantitative estimate of drug-likeness (QED) is 0.761. The highest BCUT2D eigenvalue weighted by molar-refractivity contribution is 5.68. The van der Waals surface area contributed by atoms with E-state index in [2.05, 4.69) is 27.5 Å². The Balaban J connectivity index is 1.73. The minimum Gasteiger partial charge on any atom is -0.382 e. The minimum absolute atomic E-state index is 0.475. The monoisotopic (exact) mass is 265 g/mol. The van der Waals surface area contributed by atoms with Crippen LogP contribution in [0.2, 0.25) is 0 Å². The van der Waals surface area contributed by atoms with E-state index < -0.39 is 0 Å². The van der Waals surface area contributed by atoms with Gasteiger partial charge in [-0.3, -0.25) is 4.68 Å². The molecule has 3 N–H and O–H groups in total. The molecule has 2 heterocycles. The lowest BCUT2D eigenvalue weighted by atomic mass is 10.2. The normalized spacial score (nSPS) is 10.4. The third-order valence-electron chi connectivity index (χ3n) is 2.94. The van der Waals surface area contributed by atoms with Gasteiger partial charge >= 0.3 is 0 Å². The number of rotatable bonds is 4. The van der Waals surface area contributed by atoms with Crippen LogP contribution in [0.1, 0.15) is 5.56 Å². The number of nitrogens with zero attached hydrogens (tertiary/aromatic N) is 3. The Morgan fingerprint density at radius 1 is 1.10 bits per heavy atom. The average molecular weight is 265 g/mol. The second-order valence-corrected chi connectivity index (χ2v) is 4.47. The number of nitrogen functional groups attached to an aromatic ring is 1. The first-order valence-electron chi connectivity index (χ1n) is 6.35. The molecule has 5 nitrogen and oxygen atoms in total. The Morgan fingerprint density at radius 3 is 2.75 bits per heavy atom. The van der Waals surface area contributed by atoms with Crippen LogP contribution in [-0.4, -0.2) is 14.8 Å². The molecule has 0 spiro atoms. The molecule has 3 rings (SSSR count). The van der Waals surface area contributed by atoms with E-state index in [0.29, 0.717) is 5.82 Å². The zero-order valence-corrected chi connectivity index (χ0v) is 10.9. The van der Waals surface area contributed by atoms with Crippen LogP contribution in [0, 0.1) is 0 Å². The van der Waals surface area contributed by atoms with Gasteiger partial charge in [0, 0.05) is 12.4 Å². The lowest BCUT2D eigenvalue weighted by molar-refractivity contribution is 0.687. The van der Waals surface area contributed by atoms with Gasteiger partial charge in [-0.2, -0.15) is 5.10 Å². The van der Waals surface area contributed by atoms with Gasteiger partial charge in [-0.15, -0.1) is 0 Å². The highest BCUT2D eigenvalue weighted by Crippen LogP contribution is 2.20. The highest BCUT2D eigenvalue weighted by Gasteiger charge is 2.03. The third kappa shape index (κ3) is 2.77. The van der Waals surface area contributed by atoms with Crippen molar-refractivity contribution in [1.82, 2.24) is 14.8 Å². The molecule has 1 aromatic carbocycles. The number of hydrogen-bond acceptors (Lipinski definition) is 4. The van der Waals surface area contributed by atoms with E-state index in [1.54, 1.807) is 12.4 Å². The zero-order valence-electron chi connectivity index (χ0n) is 10.9. The summed E-state index contributed by atoms with van der Waals surface area (Å²) in [5.41, 5.74) is 8.68. The molecular formula is C15H15N5. The number of pyridine rings is 1. The molecular weight excluding hydrogens is 250 g/mol. The Morgan fingerprint density at radius 2 is 1.95 bits per heavy atom. The summed E-state index contributed by atoms with van der Waals surface area (Å²) in [6, 6.07) is 13.9. The van der Waals surface area contributed by atoms with Crippen LogP contribution in [0.5, 0.6) is 0 Å². The second-order valence-electron chi connectivity index (χ2n) is 4.47. The molecule has 100 valence electrons. The van der Waals surface area contributed by atoms with E-state index in [1.807, 2.05) is 41.2 Å². The molecule has 0 radical (unpaired) electrons. The third-order valence-corrected chi connectivity index (χ3v) is 2.94. The number of hydrogen-bond donors (Lipinski definition) is 2. The summed E-state index contributed by atoms with van der Waals surface area (Å²) >= 11 is 0. The topological polar surface area (TPSA) is 68.8 Å². The maximum atomic E-state index is 5.80. The molecule has 0 saturated carbocycles. The summed E-state index contributed by atoms with van der Waals surface area (Å²) in [6.45, 7) is 0.741. The van der Waals surface area contributed by atoms with E-state index in [9.17, 15) is 0 Å². The number of aromatic nitrogens is 3. The molecule has 0 unspecified atom stereocenters. The Bertz CT molecular complexity index is 690. The van der Waals surface area contributed by atoms with Gasteiger partial charge < -0.3 is 11.1 Å². The molecule has 0 atom stereocenters. The first kappa shape index (κ1) is 12.2. The van der Waals surface area contributed by atoms with Gasteiger partial charge in [-0.1, -0.05) is 30.3 Å². The SMILES string of the molecule is Nc1ncccc1Nc1cnn(Cc2ccccc2)c1. The largest absolute Gasteiger partial charge is 0.382 e. The van der Waals surface area contributed by atoms with Crippen molar-refractivity contribution >= 4 is 17.2 Å². The van der Waals surface area contributed by atoms with Crippen LogP contribution in [0.15, 0.2) is 61.1 Å². The molecule has 0 aliphatic heterocycles. The molecule has 3 aromatic rings. The maximum absolute atomic E-state index is 5.80. The van der Waals surface area contributed by atoms with Crippen LogP contribution >= 0.6 is 0 Å². The molecule has 0 aliphatic rings. The molecule has 0 fully saturated rings. The van der Waals surface area contributed by atoms with Gasteiger partial charge in [0.15, 0.2) is 0 Å². The van der Waals surface area contributed by atoms with Gasteiger partial charge in [0.05, 0.1) is 24.1 Å². The van der Waals surface area contributed by atoms with E-state index in [-0.39, 0.29) is 0 Å². The number of benzene rings is 1. The predicted octanol–water partition coefficient (Wildman–Crippen LogP) is 2.65. The van der Waals surface area contributed by atoms with Crippen LogP contribution in [-0.2, 0) is 6.54 Å². The standard InChI is InChI=1S/C15H15N5/c16-15-14(7-4-8-17-15)19-13-9-18-20(11-13)10-12-5-2-1-3-6-12/h1-9,11,19H,10H2,(H2,16,17). The molecule has 0 saturated heterocycles. The van der Waals surface area contributed by atoms with Crippen molar-refractivity contribution in [3.05, 3.63) is 66.6 Å². The van der Waals surface area contributed by atoms with Crippen molar-refractivity contribution in [3.8, 4) is 0 Å². The van der Waals surface area contributed by atoms with Crippen LogP contribution in [0.25, 0.3) is 0 Å². The first-order chi connectivity index (χ1) is 9.81. The van der Waals surface area contributed by atoms with E-state index >= 15 is 0 Å². The Labute approximate surface area is 117 Å². The van der Waals surface area contributed by atoms with Gasteiger partial charge in [0.2, 0.25) is 0 Å². The Hall–Kier alpha value is -2.82. The lowest BCUT2D eigenvalue weighted by Crippen LogP contribution is -2.00. The predicted molar refractivity (Wildman–Crippen MR) is 79.7 cm³/mol. The van der Waals surface area contributed by atoms with Gasteiger partial charge in [-0.05, 0) is 17.7 Å². The zero-order chi connectivity index (χ0) is 13.8. The second kappa shape index (κ2) is 5.44. The molecule has 0 aliphatic carbocycles. The van der Waals surface area contributed by atoms with Gasteiger partial charge in [-0.25, -0.2) is 4.98 Å². The number of nitrogens with one attached hydrogen (secondary N) is 1. The number of anilines is 3. The molecule has 5 heteroatoms. The van der Waals surface area contributed by atoms with Crippen molar-refractivity contribution in [3.63, 3.8) is 0 Å². The van der Waals surface area contributed by atoms with Gasteiger partial charge in [0.1, 0.15) is 5.82 Å². The van der Waals surface area contributed by atoms with Crippen LogP contribution < -0.4 is 11.1 Å². The van der Waals surface area contributed by atoms with Crippen LogP contribution in [0.3, 0.4) is 0 Å². The lowest BCUT2D eigenvalue weighted by Gasteiger charge is -2.05. The molecule has 20 heavy (non-hydrogen) atoms. The summed E-state index contributed by atoms with van der Waals surface area (Å²) in [4.78, 5) is 4.04. The van der Waals surface area contributed by atoms with Crippen molar-refractivity contribution < 1.29 is 0 Å². The summed E-state index contributed by atoms with van der Waals surface area (Å²) in [7, 11) is 0. The Kier molecular flexibility index (Phi) is 3.33. The van der Waals surface area contributed by atoms with E-state index in [4.69, 9.17) is 5.73 Å². The highest BCUT2D eigenvalue weighted by atomic mass is 15.3. The van der Waals surface area contributed by atoms with E-state index in [0.717, 1.165) is 17.9 Å². The van der Waals surface area contributed by atoms with Crippen molar-refractivity contribution in [1.29, 1.82) is 0 Å². The molecule has 2 aromatic heterocycles. The fourth-order valence-corrected chi connectivity index (χ4v) is 1.96. The molecule has 0 bridgehead atoms. The smallest absolute Gasteiger partial charge is 0.147 e. The van der Waals surface area contributed by atoms with Crippen LogP contribution in [0.4, 0.5) is 17.2 Å². The van der Waals surface area contributed by atoms with Crippen molar-refractivity contribution in [2.24, 2.45) is 0 Å². The van der Waals surface area contributed by atoms with E-state index in [1.165, 1.54) is 5.56 Å². The van der Waals surface area contributed by atoms with Crippen molar-refractivity contribution in [2.45, 2.75) is 6.54 Å². The molecule has 0 amide bonds. The fourth-order valence-electron chi connectivity index (χ4n) is 1.96. The summed E-state index contributed by atoms with van der Waals surface area (Å²) in [6.07, 6.45) is 5.38. The summed E-state index contributed by atoms with van der Waals surface area (Å²) in [5, 5.41) is 7.54. The van der Waals surface area contributed by atoms with Gasteiger partial charge in [0.25, 0.3) is 0 Å². The summed E-state index contributed by atoms with van der Waals surface area (Å²) < 4.78 is 1.88.